The first kappa shape index (κ1) is 25.5. The molecule has 37 heavy (non-hydrogen) atoms. The summed E-state index contributed by atoms with van der Waals surface area (Å²) < 4.78 is 6.19. The molecule has 1 fully saturated rings. The Morgan fingerprint density at radius 3 is 2.35 bits per heavy atom. The summed E-state index contributed by atoms with van der Waals surface area (Å²) in [5.74, 6) is 0.618. The molecule has 6 nitrogen and oxygen atoms in total. The van der Waals surface area contributed by atoms with Crippen molar-refractivity contribution in [3.05, 3.63) is 101 Å². The van der Waals surface area contributed by atoms with Crippen LogP contribution in [0, 0.1) is 0 Å². The van der Waals surface area contributed by atoms with E-state index >= 15 is 0 Å². The zero-order valence-electron chi connectivity index (χ0n) is 21.4. The Balaban J connectivity index is 1.02. The van der Waals surface area contributed by atoms with Crippen LogP contribution < -0.4 is 10.1 Å². The maximum absolute atomic E-state index is 12.6. The fourth-order valence-electron chi connectivity index (χ4n) is 5.29. The topological polar surface area (TPSA) is 65.0 Å². The standard InChI is InChI=1S/C31H37N3O3/c35-28(23-34-17-14-25-8-4-5-9-27(25)22-34)20-32-31(36)26-10-12-29(13-11-26)37-30-15-18-33(19-16-30)21-24-6-2-1-3-7-24/h1-13,28,30,35H,14-23H2,(H,32,36). The van der Waals surface area contributed by atoms with E-state index < -0.39 is 6.10 Å². The molecule has 0 aliphatic carbocycles. The minimum absolute atomic E-state index is 0.177. The number of nitrogens with one attached hydrogen (secondary N) is 1. The molecular weight excluding hydrogens is 462 g/mol. The third-order valence-electron chi connectivity index (χ3n) is 7.38. The van der Waals surface area contributed by atoms with E-state index in [0.29, 0.717) is 12.1 Å². The molecule has 3 aromatic rings. The summed E-state index contributed by atoms with van der Waals surface area (Å²) in [5, 5.41) is 13.4. The minimum atomic E-state index is -0.607. The van der Waals surface area contributed by atoms with Crippen molar-refractivity contribution in [3.63, 3.8) is 0 Å². The fraction of sp³-hybridized carbons (Fsp3) is 0.387. The summed E-state index contributed by atoms with van der Waals surface area (Å²) in [5.41, 5.74) is 4.64. The first-order valence-electron chi connectivity index (χ1n) is 13.4. The Kier molecular flexibility index (Phi) is 8.51. The van der Waals surface area contributed by atoms with Crippen molar-refractivity contribution in [1.82, 2.24) is 15.1 Å². The molecule has 2 aliphatic rings. The van der Waals surface area contributed by atoms with Crippen molar-refractivity contribution in [2.24, 2.45) is 0 Å². The Hall–Kier alpha value is -3.19. The van der Waals surface area contributed by atoms with Gasteiger partial charge in [-0.2, -0.15) is 0 Å². The zero-order chi connectivity index (χ0) is 25.5. The summed E-state index contributed by atoms with van der Waals surface area (Å²) in [6.45, 7) is 5.57. The Bertz CT molecular complexity index is 1140. The van der Waals surface area contributed by atoms with Gasteiger partial charge in [0.2, 0.25) is 0 Å². The van der Waals surface area contributed by atoms with Gasteiger partial charge in [0, 0.05) is 51.4 Å². The zero-order valence-corrected chi connectivity index (χ0v) is 21.4. The lowest BCUT2D eigenvalue weighted by atomic mass is 10.00. The van der Waals surface area contributed by atoms with Gasteiger partial charge in [-0.25, -0.2) is 0 Å². The van der Waals surface area contributed by atoms with Crippen molar-refractivity contribution in [1.29, 1.82) is 0 Å². The van der Waals surface area contributed by atoms with E-state index in [4.69, 9.17) is 4.74 Å². The lowest BCUT2D eigenvalue weighted by molar-refractivity contribution is 0.0841. The highest BCUT2D eigenvalue weighted by atomic mass is 16.5. The first-order chi connectivity index (χ1) is 18.1. The van der Waals surface area contributed by atoms with Crippen molar-refractivity contribution in [2.45, 2.75) is 44.6 Å². The molecule has 1 saturated heterocycles. The number of aliphatic hydroxyl groups excluding tert-OH is 1. The number of nitrogens with zero attached hydrogens (tertiary/aromatic N) is 2. The summed E-state index contributed by atoms with van der Waals surface area (Å²) >= 11 is 0. The van der Waals surface area contributed by atoms with Crippen molar-refractivity contribution in [3.8, 4) is 5.75 Å². The Morgan fingerprint density at radius 2 is 1.59 bits per heavy atom. The fourth-order valence-corrected chi connectivity index (χ4v) is 5.29. The van der Waals surface area contributed by atoms with Gasteiger partial charge in [-0.15, -0.1) is 0 Å². The number of β-amino-alcohol motifs (C(OH)–C–C–N with tert-alkyl or cyclic N) is 1. The van der Waals surface area contributed by atoms with Crippen LogP contribution in [-0.2, 0) is 19.5 Å². The minimum Gasteiger partial charge on any atom is -0.490 e. The summed E-state index contributed by atoms with van der Waals surface area (Å²) in [7, 11) is 0. The molecule has 0 spiro atoms. The number of carbonyl (C=O) groups excluding carboxylic acids is 1. The van der Waals surface area contributed by atoms with Crippen LogP contribution in [0.2, 0.25) is 0 Å². The molecule has 5 rings (SSSR count). The van der Waals surface area contributed by atoms with E-state index in [0.717, 1.165) is 57.7 Å². The largest absolute Gasteiger partial charge is 0.490 e. The van der Waals surface area contributed by atoms with Crippen LogP contribution in [0.3, 0.4) is 0 Å². The molecular formula is C31H37N3O3. The molecule has 1 unspecified atom stereocenters. The third-order valence-corrected chi connectivity index (χ3v) is 7.38. The summed E-state index contributed by atoms with van der Waals surface area (Å²) in [6, 6.07) is 26.4. The second-order valence-electron chi connectivity index (χ2n) is 10.2. The highest BCUT2D eigenvalue weighted by molar-refractivity contribution is 5.94. The van der Waals surface area contributed by atoms with Gasteiger partial charge in [0.15, 0.2) is 0 Å². The molecule has 2 N–H and O–H groups in total. The quantitative estimate of drug-likeness (QED) is 0.468. The van der Waals surface area contributed by atoms with Gasteiger partial charge in [0.25, 0.3) is 5.91 Å². The number of benzene rings is 3. The van der Waals surface area contributed by atoms with Crippen molar-refractivity contribution >= 4 is 5.91 Å². The number of aliphatic hydroxyl groups is 1. The average Bonchev–Trinajstić information content (AvgIpc) is 2.94. The lowest BCUT2D eigenvalue weighted by Crippen LogP contribution is -2.42. The molecule has 0 radical (unpaired) electrons. The predicted molar refractivity (Wildman–Crippen MR) is 146 cm³/mol. The van der Waals surface area contributed by atoms with Crippen LogP contribution >= 0.6 is 0 Å². The first-order valence-corrected chi connectivity index (χ1v) is 13.4. The highest BCUT2D eigenvalue weighted by Crippen LogP contribution is 2.21. The monoisotopic (exact) mass is 499 g/mol. The van der Waals surface area contributed by atoms with Gasteiger partial charge >= 0.3 is 0 Å². The lowest BCUT2D eigenvalue weighted by Gasteiger charge is -2.32. The van der Waals surface area contributed by atoms with Crippen LogP contribution in [0.1, 0.15) is 39.9 Å². The second kappa shape index (κ2) is 12.4. The normalized spacial score (nSPS) is 17.6. The molecule has 6 heteroatoms. The highest BCUT2D eigenvalue weighted by Gasteiger charge is 2.21. The van der Waals surface area contributed by atoms with Crippen molar-refractivity contribution in [2.75, 3.05) is 32.7 Å². The predicted octanol–water partition coefficient (Wildman–Crippen LogP) is 3.88. The third kappa shape index (κ3) is 7.19. The molecule has 0 saturated carbocycles. The SMILES string of the molecule is O=C(NCC(O)CN1CCc2ccccc2C1)c1ccc(OC2CCN(Cc3ccccc3)CC2)cc1. The number of fused-ring (bicyclic) bond motifs is 1. The van der Waals surface area contributed by atoms with E-state index in [1.165, 1.54) is 16.7 Å². The van der Waals surface area contributed by atoms with Crippen LogP contribution in [0.25, 0.3) is 0 Å². The van der Waals surface area contributed by atoms with Crippen LogP contribution in [0.15, 0.2) is 78.9 Å². The van der Waals surface area contributed by atoms with Gasteiger partial charge in [-0.3, -0.25) is 14.6 Å². The van der Waals surface area contributed by atoms with E-state index in [2.05, 4.69) is 69.7 Å². The summed E-state index contributed by atoms with van der Waals surface area (Å²) in [4.78, 5) is 17.3. The average molecular weight is 500 g/mol. The van der Waals surface area contributed by atoms with Gasteiger partial charge in [0.05, 0.1) is 6.10 Å². The van der Waals surface area contributed by atoms with E-state index in [1.54, 1.807) is 12.1 Å². The molecule has 194 valence electrons. The number of rotatable bonds is 9. The van der Waals surface area contributed by atoms with Crippen LogP contribution in [0.5, 0.6) is 5.75 Å². The molecule has 0 bridgehead atoms. The number of hydrogen-bond donors (Lipinski definition) is 2. The molecule has 3 aromatic carbocycles. The molecule has 2 heterocycles. The van der Waals surface area contributed by atoms with Crippen LogP contribution in [0.4, 0.5) is 0 Å². The number of piperidine rings is 1. The Morgan fingerprint density at radius 1 is 0.892 bits per heavy atom. The van der Waals surface area contributed by atoms with E-state index in [9.17, 15) is 9.90 Å². The number of hydrogen-bond acceptors (Lipinski definition) is 5. The maximum Gasteiger partial charge on any atom is 0.251 e. The maximum atomic E-state index is 12.6. The van der Waals surface area contributed by atoms with E-state index in [1.807, 2.05) is 12.1 Å². The Labute approximate surface area is 219 Å². The molecule has 2 aliphatic heterocycles. The van der Waals surface area contributed by atoms with Gasteiger partial charge < -0.3 is 15.2 Å². The van der Waals surface area contributed by atoms with Crippen molar-refractivity contribution < 1.29 is 14.6 Å². The molecule has 0 aromatic heterocycles. The number of ether oxygens (including phenoxy) is 1. The smallest absolute Gasteiger partial charge is 0.251 e. The van der Waals surface area contributed by atoms with Gasteiger partial charge in [-0.1, -0.05) is 54.6 Å². The number of likely N-dealkylation sites (tertiary alicyclic amines) is 1. The number of amides is 1. The molecule has 1 amide bonds. The summed E-state index contributed by atoms with van der Waals surface area (Å²) in [6.07, 6.45) is 2.58. The van der Waals surface area contributed by atoms with Gasteiger partial charge in [0.1, 0.15) is 11.9 Å². The van der Waals surface area contributed by atoms with Crippen LogP contribution in [-0.4, -0.2) is 65.7 Å². The number of carbonyl (C=O) groups is 1. The molecule has 1 atom stereocenters. The van der Waals surface area contributed by atoms with Gasteiger partial charge in [-0.05, 0) is 60.2 Å². The van der Waals surface area contributed by atoms with E-state index in [-0.39, 0.29) is 18.6 Å². The second-order valence-corrected chi connectivity index (χ2v) is 10.2.